The molecule has 1 heterocycles. The molecule has 90 valence electrons. The first-order valence-corrected chi connectivity index (χ1v) is 6.29. The van der Waals surface area contributed by atoms with E-state index >= 15 is 0 Å². The molecule has 0 saturated carbocycles. The number of carbonyl (C=O) groups excluding carboxylic acids is 1. The molecule has 0 spiro atoms. The summed E-state index contributed by atoms with van der Waals surface area (Å²) in [5, 5.41) is 0. The van der Waals surface area contributed by atoms with Crippen molar-refractivity contribution < 1.29 is 4.79 Å². The van der Waals surface area contributed by atoms with Crippen molar-refractivity contribution >= 4 is 12.0 Å². The number of nitrogens with zero attached hydrogens (tertiary/aromatic N) is 1. The average Bonchev–Trinajstić information content (AvgIpc) is 2.40. The normalized spacial score (nSPS) is 15.6. The molecule has 0 radical (unpaired) electrons. The fourth-order valence-corrected chi connectivity index (χ4v) is 2.20. The molecule has 1 aromatic rings. The van der Waals surface area contributed by atoms with Gasteiger partial charge in [-0.15, -0.1) is 0 Å². The summed E-state index contributed by atoms with van der Waals surface area (Å²) in [6.45, 7) is 5.59. The summed E-state index contributed by atoms with van der Waals surface area (Å²) in [5.74, 6) is 0.260. The highest BCUT2D eigenvalue weighted by molar-refractivity contribution is 5.78. The van der Waals surface area contributed by atoms with Gasteiger partial charge in [-0.3, -0.25) is 4.79 Å². The minimum absolute atomic E-state index is 0.260. The lowest BCUT2D eigenvalue weighted by Crippen LogP contribution is -2.36. The molecule has 2 heteroatoms. The number of hydrogen-bond acceptors (Lipinski definition) is 1. The Morgan fingerprint density at radius 1 is 1.18 bits per heavy atom. The quantitative estimate of drug-likeness (QED) is 0.780. The van der Waals surface area contributed by atoms with Crippen molar-refractivity contribution in [3.63, 3.8) is 0 Å². The van der Waals surface area contributed by atoms with Crippen LogP contribution in [-0.2, 0) is 11.2 Å². The molecule has 1 aliphatic heterocycles. The molecule has 1 saturated heterocycles. The molecule has 17 heavy (non-hydrogen) atoms. The van der Waals surface area contributed by atoms with Crippen LogP contribution in [0.3, 0.4) is 0 Å². The van der Waals surface area contributed by atoms with Crippen molar-refractivity contribution in [3.8, 4) is 0 Å². The second-order valence-electron chi connectivity index (χ2n) is 4.56. The van der Waals surface area contributed by atoms with E-state index in [0.29, 0.717) is 6.42 Å². The van der Waals surface area contributed by atoms with Crippen LogP contribution in [0.4, 0.5) is 0 Å². The number of likely N-dealkylation sites (tertiary alicyclic amines) is 1. The fraction of sp³-hybridized carbons (Fsp3) is 0.400. The number of carbonyl (C=O) groups is 1. The highest BCUT2D eigenvalue weighted by Crippen LogP contribution is 2.12. The SMILES string of the molecule is C=Cc1ccc(CC(=O)N2CCCCC2)cc1. The van der Waals surface area contributed by atoms with Crippen molar-refractivity contribution in [1.82, 2.24) is 4.90 Å². The van der Waals surface area contributed by atoms with Crippen LogP contribution in [0, 0.1) is 0 Å². The van der Waals surface area contributed by atoms with Crippen LogP contribution in [0.2, 0.25) is 0 Å². The van der Waals surface area contributed by atoms with Crippen molar-refractivity contribution in [2.45, 2.75) is 25.7 Å². The van der Waals surface area contributed by atoms with E-state index < -0.39 is 0 Å². The summed E-state index contributed by atoms with van der Waals surface area (Å²) >= 11 is 0. The van der Waals surface area contributed by atoms with E-state index in [1.165, 1.54) is 6.42 Å². The molecule has 0 aliphatic carbocycles. The third kappa shape index (κ3) is 3.19. The van der Waals surface area contributed by atoms with Gasteiger partial charge in [-0.25, -0.2) is 0 Å². The van der Waals surface area contributed by atoms with Crippen LogP contribution in [0.1, 0.15) is 30.4 Å². The molecule has 1 fully saturated rings. The molecular formula is C15H19NO. The zero-order valence-electron chi connectivity index (χ0n) is 10.2. The van der Waals surface area contributed by atoms with Gasteiger partial charge in [-0.1, -0.05) is 36.9 Å². The van der Waals surface area contributed by atoms with Crippen LogP contribution in [0.25, 0.3) is 6.08 Å². The lowest BCUT2D eigenvalue weighted by molar-refractivity contribution is -0.131. The summed E-state index contributed by atoms with van der Waals surface area (Å²) in [5.41, 5.74) is 2.19. The molecule has 0 bridgehead atoms. The molecule has 0 N–H and O–H groups in total. The zero-order chi connectivity index (χ0) is 12.1. The number of rotatable bonds is 3. The highest BCUT2D eigenvalue weighted by Gasteiger charge is 2.16. The van der Waals surface area contributed by atoms with Gasteiger partial charge in [0, 0.05) is 13.1 Å². The lowest BCUT2D eigenvalue weighted by atomic mass is 10.1. The first-order chi connectivity index (χ1) is 8.29. The van der Waals surface area contributed by atoms with Crippen LogP contribution < -0.4 is 0 Å². The number of amides is 1. The van der Waals surface area contributed by atoms with E-state index in [0.717, 1.165) is 37.1 Å². The van der Waals surface area contributed by atoms with E-state index in [9.17, 15) is 4.79 Å². The number of benzene rings is 1. The van der Waals surface area contributed by atoms with E-state index in [-0.39, 0.29) is 5.91 Å². The van der Waals surface area contributed by atoms with Gasteiger partial charge < -0.3 is 4.90 Å². The van der Waals surface area contributed by atoms with Gasteiger partial charge >= 0.3 is 0 Å². The van der Waals surface area contributed by atoms with Crippen molar-refractivity contribution in [1.29, 1.82) is 0 Å². The smallest absolute Gasteiger partial charge is 0.226 e. The molecule has 2 rings (SSSR count). The third-order valence-electron chi connectivity index (χ3n) is 3.28. The van der Waals surface area contributed by atoms with Crippen LogP contribution in [0.15, 0.2) is 30.8 Å². The van der Waals surface area contributed by atoms with Crippen LogP contribution in [0.5, 0.6) is 0 Å². The van der Waals surface area contributed by atoms with Crippen LogP contribution in [-0.4, -0.2) is 23.9 Å². The van der Waals surface area contributed by atoms with Gasteiger partial charge in [0.25, 0.3) is 0 Å². The Morgan fingerprint density at radius 2 is 1.82 bits per heavy atom. The molecular weight excluding hydrogens is 210 g/mol. The Balaban J connectivity index is 1.94. The minimum Gasteiger partial charge on any atom is -0.342 e. The molecule has 2 nitrogen and oxygen atoms in total. The lowest BCUT2D eigenvalue weighted by Gasteiger charge is -2.26. The van der Waals surface area contributed by atoms with Gasteiger partial charge in [-0.2, -0.15) is 0 Å². The molecule has 1 aromatic carbocycles. The topological polar surface area (TPSA) is 20.3 Å². The largest absolute Gasteiger partial charge is 0.342 e. The van der Waals surface area contributed by atoms with Crippen molar-refractivity contribution in [2.24, 2.45) is 0 Å². The standard InChI is InChI=1S/C15H19NO/c1-2-13-6-8-14(9-7-13)12-15(17)16-10-4-3-5-11-16/h2,6-9H,1,3-5,10-12H2. The van der Waals surface area contributed by atoms with Gasteiger partial charge in [0.2, 0.25) is 5.91 Å². The summed E-state index contributed by atoms with van der Waals surface area (Å²) in [6, 6.07) is 8.04. The van der Waals surface area contributed by atoms with E-state index in [1.54, 1.807) is 0 Å². The number of piperidine rings is 1. The Hall–Kier alpha value is -1.57. The molecule has 1 amide bonds. The first kappa shape index (κ1) is 11.9. The second kappa shape index (κ2) is 5.67. The van der Waals surface area contributed by atoms with Crippen LogP contribution >= 0.6 is 0 Å². The van der Waals surface area contributed by atoms with Gasteiger partial charge in [0.1, 0.15) is 0 Å². The predicted molar refractivity (Wildman–Crippen MR) is 70.7 cm³/mol. The molecule has 1 aliphatic rings. The predicted octanol–water partition coefficient (Wildman–Crippen LogP) is 2.88. The third-order valence-corrected chi connectivity index (χ3v) is 3.28. The maximum absolute atomic E-state index is 12.0. The van der Waals surface area contributed by atoms with Gasteiger partial charge in [-0.05, 0) is 30.4 Å². The van der Waals surface area contributed by atoms with Gasteiger partial charge in [0.05, 0.1) is 6.42 Å². The maximum atomic E-state index is 12.0. The molecule has 0 unspecified atom stereocenters. The van der Waals surface area contributed by atoms with E-state index in [2.05, 4.69) is 6.58 Å². The van der Waals surface area contributed by atoms with E-state index in [4.69, 9.17) is 0 Å². The fourth-order valence-electron chi connectivity index (χ4n) is 2.20. The minimum atomic E-state index is 0.260. The molecule has 0 atom stereocenters. The Kier molecular flexibility index (Phi) is 3.97. The Labute approximate surface area is 103 Å². The summed E-state index contributed by atoms with van der Waals surface area (Å²) < 4.78 is 0. The highest BCUT2D eigenvalue weighted by atomic mass is 16.2. The van der Waals surface area contributed by atoms with Gasteiger partial charge in [0.15, 0.2) is 0 Å². The van der Waals surface area contributed by atoms with E-state index in [1.807, 2.05) is 35.2 Å². The molecule has 0 aromatic heterocycles. The van der Waals surface area contributed by atoms with Crippen molar-refractivity contribution in [2.75, 3.05) is 13.1 Å². The first-order valence-electron chi connectivity index (χ1n) is 6.29. The summed E-state index contributed by atoms with van der Waals surface area (Å²) in [6.07, 6.45) is 5.91. The average molecular weight is 229 g/mol. The second-order valence-corrected chi connectivity index (χ2v) is 4.56. The zero-order valence-corrected chi connectivity index (χ0v) is 10.2. The Morgan fingerprint density at radius 3 is 2.41 bits per heavy atom. The number of hydrogen-bond donors (Lipinski definition) is 0. The van der Waals surface area contributed by atoms with Crippen molar-refractivity contribution in [3.05, 3.63) is 42.0 Å². The summed E-state index contributed by atoms with van der Waals surface area (Å²) in [7, 11) is 0. The maximum Gasteiger partial charge on any atom is 0.226 e. The summed E-state index contributed by atoms with van der Waals surface area (Å²) in [4.78, 5) is 14.0. The Bertz CT molecular complexity index is 388. The monoisotopic (exact) mass is 229 g/mol.